The summed E-state index contributed by atoms with van der Waals surface area (Å²) in [6.07, 6.45) is 0.452. The molecule has 0 radical (unpaired) electrons. The quantitative estimate of drug-likeness (QED) is 0.839. The molecule has 3 rings (SSSR count). The third-order valence-corrected chi connectivity index (χ3v) is 4.28. The zero-order valence-corrected chi connectivity index (χ0v) is 15.0. The second-order valence-corrected chi connectivity index (χ2v) is 6.97. The highest BCUT2D eigenvalue weighted by Crippen LogP contribution is 2.20. The van der Waals surface area contributed by atoms with Crippen molar-refractivity contribution < 1.29 is 9.59 Å². The van der Waals surface area contributed by atoms with E-state index in [0.717, 1.165) is 11.4 Å². The van der Waals surface area contributed by atoms with Crippen LogP contribution in [0.5, 0.6) is 0 Å². The van der Waals surface area contributed by atoms with E-state index < -0.39 is 6.04 Å². The lowest BCUT2D eigenvalue weighted by molar-refractivity contribution is -0.125. The van der Waals surface area contributed by atoms with Gasteiger partial charge in [0.2, 0.25) is 5.91 Å². The first-order chi connectivity index (χ1) is 11.8. The molecule has 8 nitrogen and oxygen atoms in total. The topological polar surface area (TPSA) is 106 Å². The molecule has 1 fully saturated rings. The molecule has 1 saturated heterocycles. The van der Waals surface area contributed by atoms with Gasteiger partial charge in [-0.3, -0.25) is 9.59 Å². The van der Waals surface area contributed by atoms with Crippen LogP contribution in [0.3, 0.4) is 0 Å². The fourth-order valence-corrected chi connectivity index (χ4v) is 3.26. The van der Waals surface area contributed by atoms with Crippen molar-refractivity contribution >= 4 is 17.5 Å². The highest BCUT2D eigenvalue weighted by Gasteiger charge is 2.39. The Kier molecular flexibility index (Phi) is 4.47. The summed E-state index contributed by atoms with van der Waals surface area (Å²) >= 11 is 0. The molecule has 25 heavy (non-hydrogen) atoms. The number of nitrogens with two attached hydrogens (primary N) is 1. The zero-order chi connectivity index (χ0) is 18.3. The van der Waals surface area contributed by atoms with E-state index in [4.69, 9.17) is 5.73 Å². The molecule has 0 aromatic carbocycles. The summed E-state index contributed by atoms with van der Waals surface area (Å²) in [4.78, 5) is 31.3. The molecule has 0 bridgehead atoms. The highest BCUT2D eigenvalue weighted by molar-refractivity contribution is 5.97. The monoisotopic (exact) mass is 344 g/mol. The molecule has 8 heteroatoms. The van der Waals surface area contributed by atoms with Crippen molar-refractivity contribution in [3.63, 3.8) is 0 Å². The first-order valence-corrected chi connectivity index (χ1v) is 8.47. The maximum Gasteiger partial charge on any atom is 0.275 e. The molecule has 1 aliphatic rings. The third kappa shape index (κ3) is 3.34. The summed E-state index contributed by atoms with van der Waals surface area (Å²) in [5.74, 6) is -0.468. The lowest BCUT2D eigenvalue weighted by Gasteiger charge is -2.23. The SMILES string of the molecule is Cc1cc(C)n2nc(C(=O)N3CC(N)CC3C(=O)NC(C)C)cc2n1. The number of carbonyl (C=O) groups excluding carboxylic acids is 2. The first-order valence-electron chi connectivity index (χ1n) is 8.47. The van der Waals surface area contributed by atoms with Crippen LogP contribution in [0.1, 0.15) is 42.1 Å². The second-order valence-electron chi connectivity index (χ2n) is 6.97. The molecule has 2 aromatic rings. The second kappa shape index (κ2) is 6.44. The van der Waals surface area contributed by atoms with Crippen molar-refractivity contribution in [3.05, 3.63) is 29.2 Å². The lowest BCUT2D eigenvalue weighted by atomic mass is 10.1. The van der Waals surface area contributed by atoms with E-state index in [0.29, 0.717) is 18.6 Å². The van der Waals surface area contributed by atoms with Crippen LogP contribution in [-0.4, -0.2) is 56.0 Å². The highest BCUT2D eigenvalue weighted by atomic mass is 16.2. The smallest absolute Gasteiger partial charge is 0.275 e. The van der Waals surface area contributed by atoms with Gasteiger partial charge in [-0.1, -0.05) is 0 Å². The lowest BCUT2D eigenvalue weighted by Crippen LogP contribution is -2.47. The van der Waals surface area contributed by atoms with Gasteiger partial charge in [-0.15, -0.1) is 0 Å². The molecule has 0 aliphatic carbocycles. The number of nitrogens with zero attached hydrogens (tertiary/aromatic N) is 4. The summed E-state index contributed by atoms with van der Waals surface area (Å²) in [7, 11) is 0. The average molecular weight is 344 g/mol. The minimum atomic E-state index is -0.564. The average Bonchev–Trinajstić information content (AvgIpc) is 3.09. The summed E-state index contributed by atoms with van der Waals surface area (Å²) < 4.78 is 1.64. The third-order valence-electron chi connectivity index (χ3n) is 4.28. The molecule has 3 N–H and O–H groups in total. The van der Waals surface area contributed by atoms with Gasteiger partial charge >= 0.3 is 0 Å². The van der Waals surface area contributed by atoms with E-state index in [9.17, 15) is 9.59 Å². The number of aromatic nitrogens is 3. The Morgan fingerprint density at radius 2 is 2.04 bits per heavy atom. The number of hydrogen-bond donors (Lipinski definition) is 2. The first kappa shape index (κ1) is 17.3. The van der Waals surface area contributed by atoms with E-state index in [-0.39, 0.29) is 29.6 Å². The van der Waals surface area contributed by atoms with Crippen LogP contribution in [0.4, 0.5) is 0 Å². The van der Waals surface area contributed by atoms with Crippen molar-refractivity contribution in [1.29, 1.82) is 0 Å². The van der Waals surface area contributed by atoms with Gasteiger partial charge in [-0.2, -0.15) is 5.10 Å². The van der Waals surface area contributed by atoms with E-state index in [1.807, 2.05) is 33.8 Å². The molecule has 3 heterocycles. The van der Waals surface area contributed by atoms with Crippen LogP contribution >= 0.6 is 0 Å². The number of amides is 2. The number of hydrogen-bond acceptors (Lipinski definition) is 5. The van der Waals surface area contributed by atoms with Crippen LogP contribution in [0.15, 0.2) is 12.1 Å². The Labute approximate surface area is 146 Å². The Morgan fingerprint density at radius 1 is 1.32 bits per heavy atom. The fraction of sp³-hybridized carbons (Fsp3) is 0.529. The normalized spacial score (nSPS) is 20.5. The van der Waals surface area contributed by atoms with Crippen LogP contribution in [0, 0.1) is 13.8 Å². The van der Waals surface area contributed by atoms with E-state index in [1.165, 1.54) is 4.90 Å². The fourth-order valence-electron chi connectivity index (χ4n) is 3.26. The summed E-state index contributed by atoms with van der Waals surface area (Å²) in [5, 5.41) is 7.23. The summed E-state index contributed by atoms with van der Waals surface area (Å²) in [5.41, 5.74) is 8.66. The Hall–Kier alpha value is -2.48. The van der Waals surface area contributed by atoms with E-state index >= 15 is 0 Å². The number of fused-ring (bicyclic) bond motifs is 1. The van der Waals surface area contributed by atoms with Crippen LogP contribution < -0.4 is 11.1 Å². The van der Waals surface area contributed by atoms with Gasteiger partial charge in [0.05, 0.1) is 0 Å². The molecule has 2 atom stereocenters. The molecule has 2 amide bonds. The van der Waals surface area contributed by atoms with Gasteiger partial charge in [0, 0.05) is 36.1 Å². The predicted octanol–water partition coefficient (Wildman–Crippen LogP) is 0.413. The van der Waals surface area contributed by atoms with Gasteiger partial charge in [0.1, 0.15) is 6.04 Å². The largest absolute Gasteiger partial charge is 0.352 e. The standard InChI is InChI=1S/C17H24N6O2/c1-9(2)19-16(24)14-6-12(18)8-22(14)17(25)13-7-15-20-10(3)5-11(4)23(15)21-13/h5,7,9,12,14H,6,8,18H2,1-4H3,(H,19,24). The minimum absolute atomic E-state index is 0.00583. The number of nitrogens with one attached hydrogen (secondary N) is 1. The van der Waals surface area contributed by atoms with Crippen molar-refractivity contribution in [3.8, 4) is 0 Å². The number of likely N-dealkylation sites (tertiary alicyclic amines) is 1. The maximum absolute atomic E-state index is 12.9. The Balaban J connectivity index is 1.90. The summed E-state index contributed by atoms with van der Waals surface area (Å²) in [6, 6.07) is 2.78. The number of rotatable bonds is 3. The van der Waals surface area contributed by atoms with E-state index in [2.05, 4.69) is 15.4 Å². The minimum Gasteiger partial charge on any atom is -0.352 e. The molecule has 2 aromatic heterocycles. The van der Waals surface area contributed by atoms with Crippen molar-refractivity contribution in [2.24, 2.45) is 5.73 Å². The number of aryl methyl sites for hydroxylation is 2. The van der Waals surface area contributed by atoms with Crippen molar-refractivity contribution in [2.75, 3.05) is 6.54 Å². The van der Waals surface area contributed by atoms with Gasteiger partial charge in [0.25, 0.3) is 5.91 Å². The zero-order valence-electron chi connectivity index (χ0n) is 15.0. The molecule has 0 spiro atoms. The van der Waals surface area contributed by atoms with Crippen LogP contribution in [0.2, 0.25) is 0 Å². The molecular formula is C17H24N6O2. The Morgan fingerprint density at radius 3 is 2.72 bits per heavy atom. The molecule has 1 aliphatic heterocycles. The summed E-state index contributed by atoms with van der Waals surface area (Å²) in [6.45, 7) is 7.92. The molecular weight excluding hydrogens is 320 g/mol. The van der Waals surface area contributed by atoms with Gasteiger partial charge < -0.3 is 16.0 Å². The van der Waals surface area contributed by atoms with Crippen molar-refractivity contribution in [1.82, 2.24) is 24.8 Å². The van der Waals surface area contributed by atoms with Gasteiger partial charge in [-0.05, 0) is 40.2 Å². The maximum atomic E-state index is 12.9. The Bertz CT molecular complexity index is 828. The van der Waals surface area contributed by atoms with Crippen LogP contribution in [-0.2, 0) is 4.79 Å². The molecule has 2 unspecified atom stereocenters. The number of carbonyl (C=O) groups is 2. The van der Waals surface area contributed by atoms with Gasteiger partial charge in [0.15, 0.2) is 11.3 Å². The molecule has 134 valence electrons. The van der Waals surface area contributed by atoms with Gasteiger partial charge in [-0.25, -0.2) is 9.50 Å². The molecule has 0 saturated carbocycles. The van der Waals surface area contributed by atoms with Crippen molar-refractivity contribution in [2.45, 2.75) is 52.2 Å². The van der Waals surface area contributed by atoms with Crippen LogP contribution in [0.25, 0.3) is 5.65 Å². The predicted molar refractivity (Wildman–Crippen MR) is 93.2 cm³/mol. The van der Waals surface area contributed by atoms with E-state index in [1.54, 1.807) is 10.6 Å².